The third kappa shape index (κ3) is 3.30. The molecule has 2 amide bonds. The summed E-state index contributed by atoms with van der Waals surface area (Å²) >= 11 is 1.38. The van der Waals surface area contributed by atoms with E-state index in [-0.39, 0.29) is 6.03 Å². The maximum absolute atomic E-state index is 11.6. The van der Waals surface area contributed by atoms with Crippen LogP contribution in [0.1, 0.15) is 30.3 Å². The summed E-state index contributed by atoms with van der Waals surface area (Å²) in [5, 5.41) is 14.6. The molecule has 0 fully saturated rings. The summed E-state index contributed by atoms with van der Waals surface area (Å²) in [4.78, 5) is 11.6. The number of hydrogen-bond acceptors (Lipinski definition) is 5. The van der Waals surface area contributed by atoms with Crippen LogP contribution in [0.3, 0.4) is 0 Å². The molecule has 0 aliphatic carbocycles. The second kappa shape index (κ2) is 5.63. The topological polar surface area (TPSA) is 80.0 Å². The van der Waals surface area contributed by atoms with E-state index in [4.69, 9.17) is 4.42 Å². The number of nitrogens with zero attached hydrogens (tertiary/aromatic N) is 2. The minimum Gasteiger partial charge on any atom is -0.472 e. The van der Waals surface area contributed by atoms with Gasteiger partial charge >= 0.3 is 6.03 Å². The molecule has 0 saturated carbocycles. The molecule has 2 aromatic rings. The van der Waals surface area contributed by atoms with Crippen molar-refractivity contribution in [2.24, 2.45) is 0 Å². The van der Waals surface area contributed by atoms with E-state index in [2.05, 4.69) is 20.8 Å². The van der Waals surface area contributed by atoms with E-state index in [1.54, 1.807) is 18.6 Å². The van der Waals surface area contributed by atoms with Gasteiger partial charge in [-0.25, -0.2) is 4.79 Å². The van der Waals surface area contributed by atoms with Gasteiger partial charge in [0.25, 0.3) is 0 Å². The third-order valence-electron chi connectivity index (χ3n) is 2.19. The summed E-state index contributed by atoms with van der Waals surface area (Å²) in [5.74, 6) is 0.312. The second-order valence-electron chi connectivity index (χ2n) is 4.04. The number of hydrogen-bond donors (Lipinski definition) is 2. The van der Waals surface area contributed by atoms with Crippen molar-refractivity contribution in [2.75, 3.05) is 5.32 Å². The number of aromatic nitrogens is 2. The van der Waals surface area contributed by atoms with Crippen molar-refractivity contribution in [3.05, 3.63) is 29.2 Å². The lowest BCUT2D eigenvalue weighted by atomic mass is 10.2. The lowest BCUT2D eigenvalue weighted by Gasteiger charge is -2.02. The molecule has 0 atom stereocenters. The van der Waals surface area contributed by atoms with Crippen molar-refractivity contribution in [2.45, 2.75) is 26.3 Å². The van der Waals surface area contributed by atoms with Crippen LogP contribution >= 0.6 is 11.3 Å². The summed E-state index contributed by atoms with van der Waals surface area (Å²) < 4.78 is 4.90. The highest BCUT2D eigenvalue weighted by atomic mass is 32.1. The Kier molecular flexibility index (Phi) is 3.93. The zero-order chi connectivity index (χ0) is 13.0. The molecule has 0 saturated heterocycles. The van der Waals surface area contributed by atoms with Crippen LogP contribution in [0, 0.1) is 0 Å². The van der Waals surface area contributed by atoms with E-state index in [0.29, 0.717) is 17.6 Å². The lowest BCUT2D eigenvalue weighted by Crippen LogP contribution is -2.27. The SMILES string of the molecule is CC(C)c1nnc(NC(=O)NCc2ccoc2)s1. The van der Waals surface area contributed by atoms with Crippen LogP contribution in [0.5, 0.6) is 0 Å². The molecule has 2 aromatic heterocycles. The summed E-state index contributed by atoms with van der Waals surface area (Å²) in [5.41, 5.74) is 0.908. The molecule has 7 heteroatoms. The molecule has 0 aliphatic heterocycles. The van der Waals surface area contributed by atoms with Crippen molar-refractivity contribution in [1.29, 1.82) is 0 Å². The van der Waals surface area contributed by atoms with E-state index < -0.39 is 0 Å². The van der Waals surface area contributed by atoms with Crippen molar-refractivity contribution < 1.29 is 9.21 Å². The fourth-order valence-electron chi connectivity index (χ4n) is 1.24. The molecule has 0 radical (unpaired) electrons. The first kappa shape index (κ1) is 12.6. The Bertz CT molecular complexity index is 507. The van der Waals surface area contributed by atoms with Gasteiger partial charge in [-0.15, -0.1) is 10.2 Å². The molecule has 0 aromatic carbocycles. The van der Waals surface area contributed by atoms with Gasteiger partial charge < -0.3 is 9.73 Å². The molecule has 2 N–H and O–H groups in total. The Morgan fingerprint density at radius 1 is 1.50 bits per heavy atom. The van der Waals surface area contributed by atoms with Gasteiger partial charge in [-0.05, 0) is 6.07 Å². The van der Waals surface area contributed by atoms with Gasteiger partial charge in [-0.2, -0.15) is 0 Å². The Hall–Kier alpha value is -1.89. The van der Waals surface area contributed by atoms with Gasteiger partial charge in [-0.1, -0.05) is 25.2 Å². The molecule has 0 bridgehead atoms. The summed E-state index contributed by atoms with van der Waals surface area (Å²) in [6, 6.07) is 1.49. The standard InChI is InChI=1S/C11H14N4O2S/c1-7(2)9-14-15-11(18-9)13-10(16)12-5-8-3-4-17-6-8/h3-4,6-7H,5H2,1-2H3,(H2,12,13,15,16). The number of anilines is 1. The smallest absolute Gasteiger partial charge is 0.321 e. The zero-order valence-corrected chi connectivity index (χ0v) is 11.0. The van der Waals surface area contributed by atoms with Crippen LogP contribution in [0.25, 0.3) is 0 Å². The summed E-state index contributed by atoms with van der Waals surface area (Å²) in [6.07, 6.45) is 3.15. The van der Waals surface area contributed by atoms with Crippen LogP contribution in [0.15, 0.2) is 23.0 Å². The van der Waals surface area contributed by atoms with Gasteiger partial charge in [0.15, 0.2) is 0 Å². The van der Waals surface area contributed by atoms with Crippen LogP contribution in [-0.4, -0.2) is 16.2 Å². The third-order valence-corrected chi connectivity index (χ3v) is 3.33. The predicted octanol–water partition coefficient (Wildman–Crippen LogP) is 2.58. The van der Waals surface area contributed by atoms with E-state index >= 15 is 0 Å². The minimum absolute atomic E-state index is 0.303. The first-order valence-corrected chi connectivity index (χ1v) is 6.36. The van der Waals surface area contributed by atoms with E-state index in [1.807, 2.05) is 13.8 Å². The number of urea groups is 1. The molecule has 6 nitrogen and oxygen atoms in total. The minimum atomic E-state index is -0.303. The Labute approximate surface area is 108 Å². The molecular formula is C11H14N4O2S. The number of amides is 2. The molecule has 96 valence electrons. The number of furan rings is 1. The fourth-order valence-corrected chi connectivity index (χ4v) is 1.98. The Morgan fingerprint density at radius 3 is 2.94 bits per heavy atom. The van der Waals surface area contributed by atoms with Gasteiger partial charge in [0.1, 0.15) is 5.01 Å². The first-order valence-electron chi connectivity index (χ1n) is 5.54. The molecule has 18 heavy (non-hydrogen) atoms. The number of rotatable bonds is 4. The molecule has 0 aliphatic rings. The van der Waals surface area contributed by atoms with Crippen molar-refractivity contribution in [1.82, 2.24) is 15.5 Å². The first-order chi connectivity index (χ1) is 8.65. The second-order valence-corrected chi connectivity index (χ2v) is 5.05. The highest BCUT2D eigenvalue weighted by Crippen LogP contribution is 2.22. The maximum atomic E-state index is 11.6. The highest BCUT2D eigenvalue weighted by Gasteiger charge is 2.10. The molecule has 0 unspecified atom stereocenters. The highest BCUT2D eigenvalue weighted by molar-refractivity contribution is 7.15. The fraction of sp³-hybridized carbons (Fsp3) is 0.364. The number of carbonyl (C=O) groups excluding carboxylic acids is 1. The Morgan fingerprint density at radius 2 is 2.33 bits per heavy atom. The van der Waals surface area contributed by atoms with Gasteiger partial charge in [0.05, 0.1) is 12.5 Å². The van der Waals surface area contributed by atoms with Gasteiger partial charge in [0, 0.05) is 18.0 Å². The predicted molar refractivity (Wildman–Crippen MR) is 68.6 cm³/mol. The van der Waals surface area contributed by atoms with Crippen molar-refractivity contribution in [3.63, 3.8) is 0 Å². The van der Waals surface area contributed by atoms with E-state index in [1.165, 1.54) is 11.3 Å². The van der Waals surface area contributed by atoms with Gasteiger partial charge in [-0.3, -0.25) is 5.32 Å². The lowest BCUT2D eigenvalue weighted by molar-refractivity contribution is 0.251. The molecule has 2 rings (SSSR count). The van der Waals surface area contributed by atoms with Crippen LogP contribution in [-0.2, 0) is 6.54 Å². The monoisotopic (exact) mass is 266 g/mol. The number of carbonyl (C=O) groups is 1. The number of nitrogens with one attached hydrogen (secondary N) is 2. The quantitative estimate of drug-likeness (QED) is 0.891. The van der Waals surface area contributed by atoms with Crippen molar-refractivity contribution in [3.8, 4) is 0 Å². The molecular weight excluding hydrogens is 252 g/mol. The Balaban J connectivity index is 1.83. The van der Waals surface area contributed by atoms with Crippen LogP contribution in [0.2, 0.25) is 0 Å². The van der Waals surface area contributed by atoms with E-state index in [9.17, 15) is 4.79 Å². The largest absolute Gasteiger partial charge is 0.472 e. The van der Waals surface area contributed by atoms with Crippen LogP contribution < -0.4 is 10.6 Å². The molecule has 2 heterocycles. The average Bonchev–Trinajstić information content (AvgIpc) is 2.96. The van der Waals surface area contributed by atoms with Crippen LogP contribution in [0.4, 0.5) is 9.93 Å². The molecule has 0 spiro atoms. The average molecular weight is 266 g/mol. The maximum Gasteiger partial charge on any atom is 0.321 e. The summed E-state index contributed by atoms with van der Waals surface area (Å²) in [6.45, 7) is 4.48. The zero-order valence-electron chi connectivity index (χ0n) is 10.1. The summed E-state index contributed by atoms with van der Waals surface area (Å²) in [7, 11) is 0. The van der Waals surface area contributed by atoms with Crippen molar-refractivity contribution >= 4 is 22.5 Å². The van der Waals surface area contributed by atoms with E-state index in [0.717, 1.165) is 10.6 Å². The van der Waals surface area contributed by atoms with Gasteiger partial charge in [0.2, 0.25) is 5.13 Å². The normalized spacial score (nSPS) is 10.6.